The first-order valence-electron chi connectivity index (χ1n) is 2.91. The predicted molar refractivity (Wildman–Crippen MR) is 35.9 cm³/mol. The van der Waals surface area contributed by atoms with E-state index in [1.54, 1.807) is 0 Å². The minimum absolute atomic E-state index is 0.246. The summed E-state index contributed by atoms with van der Waals surface area (Å²) in [5.41, 5.74) is 0. The second kappa shape index (κ2) is 5.28. The zero-order valence-electron chi connectivity index (χ0n) is 5.34. The molecule has 0 radical (unpaired) electrons. The Bertz CT molecular complexity index is 101. The number of aliphatic imine (C=N–C) groups is 1. The van der Waals surface area contributed by atoms with Gasteiger partial charge < -0.3 is 10.1 Å². The van der Waals surface area contributed by atoms with Crippen molar-refractivity contribution in [1.29, 1.82) is 0 Å². The molecule has 0 aromatic heterocycles. The van der Waals surface area contributed by atoms with Crippen molar-refractivity contribution in [3.05, 3.63) is 0 Å². The molecule has 0 aromatic rings. The third kappa shape index (κ3) is 7.14. The summed E-state index contributed by atoms with van der Waals surface area (Å²) >= 11 is 0. The first kappa shape index (κ1) is 8.14. The molecule has 3 heteroatoms. The van der Waals surface area contributed by atoms with Crippen molar-refractivity contribution < 1.29 is 9.90 Å². The quantitative estimate of drug-likeness (QED) is 0.443. The van der Waals surface area contributed by atoms with Gasteiger partial charge in [0.1, 0.15) is 0 Å². The highest BCUT2D eigenvalue weighted by Gasteiger charge is 1.93. The summed E-state index contributed by atoms with van der Waals surface area (Å²) < 4.78 is 0. The van der Waals surface area contributed by atoms with E-state index in [0.717, 1.165) is 6.42 Å². The molecular weight excluding hydrogens is 118 g/mol. The van der Waals surface area contributed by atoms with Gasteiger partial charge in [0.25, 0.3) is 0 Å². The molecule has 0 amide bonds. The minimum Gasteiger partial charge on any atom is -0.481 e. The van der Waals surface area contributed by atoms with Crippen LogP contribution in [0.5, 0.6) is 0 Å². The SMILES string of the molecule is C=NCCCCC(=O)O. The fourth-order valence-corrected chi connectivity index (χ4v) is 0.500. The largest absolute Gasteiger partial charge is 0.481 e. The molecule has 3 nitrogen and oxygen atoms in total. The standard InChI is InChI=1S/C6H11NO2/c1-7-5-3-2-4-6(8)9/h1-5H2,(H,8,9). The van der Waals surface area contributed by atoms with Crippen LogP contribution >= 0.6 is 0 Å². The summed E-state index contributed by atoms with van der Waals surface area (Å²) in [4.78, 5) is 13.5. The second-order valence-corrected chi connectivity index (χ2v) is 1.80. The lowest BCUT2D eigenvalue weighted by atomic mass is 10.2. The average Bonchev–Trinajstić information content (AvgIpc) is 1.80. The molecule has 0 fully saturated rings. The normalized spacial score (nSPS) is 8.89. The summed E-state index contributed by atoms with van der Waals surface area (Å²) in [5.74, 6) is -0.737. The van der Waals surface area contributed by atoms with Crippen molar-refractivity contribution in [2.24, 2.45) is 4.99 Å². The average molecular weight is 129 g/mol. The number of hydrogen-bond acceptors (Lipinski definition) is 2. The molecule has 0 rings (SSSR count). The summed E-state index contributed by atoms with van der Waals surface area (Å²) in [5, 5.41) is 8.17. The smallest absolute Gasteiger partial charge is 0.303 e. The maximum absolute atomic E-state index is 9.92. The molecule has 0 bridgehead atoms. The Morgan fingerprint density at radius 2 is 2.22 bits per heavy atom. The molecule has 0 atom stereocenters. The van der Waals surface area contributed by atoms with Gasteiger partial charge in [0.15, 0.2) is 0 Å². The zero-order chi connectivity index (χ0) is 7.11. The van der Waals surface area contributed by atoms with Crippen molar-refractivity contribution in [3.63, 3.8) is 0 Å². The maximum atomic E-state index is 9.92. The molecule has 0 saturated carbocycles. The molecule has 9 heavy (non-hydrogen) atoms. The predicted octanol–water partition coefficient (Wildman–Crippen LogP) is 0.942. The van der Waals surface area contributed by atoms with Gasteiger partial charge in [-0.2, -0.15) is 0 Å². The summed E-state index contributed by atoms with van der Waals surface area (Å²) in [6.45, 7) is 3.95. The van der Waals surface area contributed by atoms with E-state index in [9.17, 15) is 4.79 Å². The van der Waals surface area contributed by atoms with Crippen LogP contribution in [0.25, 0.3) is 0 Å². The van der Waals surface area contributed by atoms with Crippen LogP contribution in [-0.4, -0.2) is 24.3 Å². The van der Waals surface area contributed by atoms with Crippen LogP contribution in [0, 0.1) is 0 Å². The van der Waals surface area contributed by atoms with Crippen LogP contribution in [0.1, 0.15) is 19.3 Å². The van der Waals surface area contributed by atoms with Crippen LogP contribution in [0.4, 0.5) is 0 Å². The number of aliphatic carboxylic acids is 1. The lowest BCUT2D eigenvalue weighted by Crippen LogP contribution is -1.94. The molecule has 0 aromatic carbocycles. The lowest BCUT2D eigenvalue weighted by molar-refractivity contribution is -0.137. The van der Waals surface area contributed by atoms with Crippen molar-refractivity contribution in [2.75, 3.05) is 6.54 Å². The van der Waals surface area contributed by atoms with E-state index in [1.807, 2.05) is 0 Å². The third-order valence-electron chi connectivity index (χ3n) is 0.957. The van der Waals surface area contributed by atoms with E-state index in [0.29, 0.717) is 13.0 Å². The molecular formula is C6H11NO2. The number of carbonyl (C=O) groups is 1. The van der Waals surface area contributed by atoms with Crippen molar-refractivity contribution >= 4 is 12.7 Å². The third-order valence-corrected chi connectivity index (χ3v) is 0.957. The van der Waals surface area contributed by atoms with E-state index in [1.165, 1.54) is 0 Å². The van der Waals surface area contributed by atoms with Crippen LogP contribution in [0.3, 0.4) is 0 Å². The van der Waals surface area contributed by atoms with E-state index in [2.05, 4.69) is 11.7 Å². The Morgan fingerprint density at radius 1 is 1.56 bits per heavy atom. The van der Waals surface area contributed by atoms with Crippen molar-refractivity contribution in [3.8, 4) is 0 Å². The van der Waals surface area contributed by atoms with Crippen molar-refractivity contribution in [2.45, 2.75) is 19.3 Å². The molecule has 1 N–H and O–H groups in total. The minimum atomic E-state index is -0.737. The van der Waals surface area contributed by atoms with Gasteiger partial charge in [0.05, 0.1) is 0 Å². The molecule has 0 heterocycles. The summed E-state index contributed by atoms with van der Waals surface area (Å²) in [6, 6.07) is 0. The molecule has 0 aliphatic rings. The van der Waals surface area contributed by atoms with Gasteiger partial charge in [-0.1, -0.05) is 0 Å². The van der Waals surface area contributed by atoms with Gasteiger partial charge in [-0.3, -0.25) is 4.79 Å². The van der Waals surface area contributed by atoms with Gasteiger partial charge in [-0.25, -0.2) is 0 Å². The number of rotatable bonds is 5. The number of unbranched alkanes of at least 4 members (excludes halogenated alkanes) is 1. The number of carboxylic acid groups (broad SMARTS) is 1. The Labute approximate surface area is 54.4 Å². The van der Waals surface area contributed by atoms with Gasteiger partial charge in [-0.05, 0) is 19.6 Å². The topological polar surface area (TPSA) is 49.7 Å². The Hall–Kier alpha value is -0.860. The molecule has 0 saturated heterocycles. The van der Waals surface area contributed by atoms with Crippen LogP contribution in [0.15, 0.2) is 4.99 Å². The maximum Gasteiger partial charge on any atom is 0.303 e. The van der Waals surface area contributed by atoms with Gasteiger partial charge in [0.2, 0.25) is 0 Å². The lowest BCUT2D eigenvalue weighted by Gasteiger charge is -1.90. The highest BCUT2D eigenvalue weighted by molar-refractivity contribution is 5.66. The molecule has 0 unspecified atom stereocenters. The fourth-order valence-electron chi connectivity index (χ4n) is 0.500. The number of hydrogen-bond donors (Lipinski definition) is 1. The first-order chi connectivity index (χ1) is 4.27. The zero-order valence-corrected chi connectivity index (χ0v) is 5.34. The Morgan fingerprint density at radius 3 is 2.67 bits per heavy atom. The van der Waals surface area contributed by atoms with Gasteiger partial charge >= 0.3 is 5.97 Å². The molecule has 52 valence electrons. The van der Waals surface area contributed by atoms with E-state index < -0.39 is 5.97 Å². The van der Waals surface area contributed by atoms with Crippen LogP contribution in [-0.2, 0) is 4.79 Å². The van der Waals surface area contributed by atoms with E-state index in [4.69, 9.17) is 5.11 Å². The monoisotopic (exact) mass is 129 g/mol. The molecule has 0 aliphatic carbocycles. The highest BCUT2D eigenvalue weighted by Crippen LogP contribution is 1.94. The van der Waals surface area contributed by atoms with E-state index >= 15 is 0 Å². The van der Waals surface area contributed by atoms with Gasteiger partial charge in [0, 0.05) is 13.0 Å². The van der Waals surface area contributed by atoms with Crippen LogP contribution in [0.2, 0.25) is 0 Å². The second-order valence-electron chi connectivity index (χ2n) is 1.80. The fraction of sp³-hybridized carbons (Fsp3) is 0.667. The van der Waals surface area contributed by atoms with Crippen molar-refractivity contribution in [1.82, 2.24) is 0 Å². The number of carboxylic acids is 1. The Kier molecular flexibility index (Phi) is 4.78. The molecule has 0 aliphatic heterocycles. The Balaban J connectivity index is 2.91. The first-order valence-corrected chi connectivity index (χ1v) is 2.91. The highest BCUT2D eigenvalue weighted by atomic mass is 16.4. The summed E-state index contributed by atoms with van der Waals surface area (Å²) in [7, 11) is 0. The number of nitrogens with zero attached hydrogens (tertiary/aromatic N) is 1. The van der Waals surface area contributed by atoms with E-state index in [-0.39, 0.29) is 6.42 Å². The summed E-state index contributed by atoms with van der Waals surface area (Å²) in [6.07, 6.45) is 1.78. The molecule has 0 spiro atoms. The van der Waals surface area contributed by atoms with Gasteiger partial charge in [-0.15, -0.1) is 0 Å². The van der Waals surface area contributed by atoms with Crippen LogP contribution < -0.4 is 0 Å².